The highest BCUT2D eigenvalue weighted by atomic mass is 15.1. The number of hydrogen-bond donors (Lipinski definition) is 1. The molecule has 3 rings (SSSR count). The molecule has 0 saturated heterocycles. The van der Waals surface area contributed by atoms with Crippen molar-refractivity contribution in [3.8, 4) is 0 Å². The number of rotatable bonds is 2. The number of nitrogen functional groups attached to an aromatic ring is 1. The molecule has 2 heterocycles. The van der Waals surface area contributed by atoms with Crippen molar-refractivity contribution in [3.63, 3.8) is 0 Å². The van der Waals surface area contributed by atoms with Crippen molar-refractivity contribution in [1.82, 2.24) is 4.57 Å². The third-order valence-corrected chi connectivity index (χ3v) is 5.26. The second-order valence-corrected chi connectivity index (χ2v) is 7.78. The number of nitrogens with zero attached hydrogens (tertiary/aromatic N) is 1. The van der Waals surface area contributed by atoms with Gasteiger partial charge in [0.25, 0.3) is 0 Å². The van der Waals surface area contributed by atoms with Crippen molar-refractivity contribution < 1.29 is 0 Å². The van der Waals surface area contributed by atoms with Crippen LogP contribution in [0.2, 0.25) is 5.82 Å². The van der Waals surface area contributed by atoms with E-state index in [0.29, 0.717) is 18.4 Å². The molecule has 0 atom stereocenters. The Kier molecular flexibility index (Phi) is 3.43. The standard InChI is InChI=1S/C19H27BN2/c1-12(2)14-11-22-18(17(14)21)20(13(3)4)16-10-8-7-9-15(16)19(22,5)6/h7-13H,21H2,1-6H3. The monoisotopic (exact) mass is 294 g/mol. The van der Waals surface area contributed by atoms with Crippen molar-refractivity contribution in [2.45, 2.75) is 58.8 Å². The van der Waals surface area contributed by atoms with E-state index < -0.39 is 0 Å². The molecule has 1 aromatic heterocycles. The minimum atomic E-state index is -0.0570. The van der Waals surface area contributed by atoms with Gasteiger partial charge in [-0.15, -0.1) is 0 Å². The average Bonchev–Trinajstić information content (AvgIpc) is 2.78. The summed E-state index contributed by atoms with van der Waals surface area (Å²) in [7, 11) is 0. The van der Waals surface area contributed by atoms with Crippen LogP contribution in [0, 0.1) is 0 Å². The zero-order valence-electron chi connectivity index (χ0n) is 14.6. The fraction of sp³-hybridized carbons (Fsp3) is 0.474. The van der Waals surface area contributed by atoms with Gasteiger partial charge in [0.2, 0.25) is 6.71 Å². The predicted octanol–water partition coefficient (Wildman–Crippen LogP) is 3.31. The van der Waals surface area contributed by atoms with E-state index in [-0.39, 0.29) is 5.54 Å². The maximum atomic E-state index is 6.61. The SMILES string of the molecule is CC(C)B1c2ccccc2C(C)(C)n2cc(C(C)C)c(N)c21. The molecule has 1 aromatic carbocycles. The molecule has 0 bridgehead atoms. The van der Waals surface area contributed by atoms with Gasteiger partial charge in [-0.05, 0) is 30.9 Å². The lowest BCUT2D eigenvalue weighted by Crippen LogP contribution is -2.59. The van der Waals surface area contributed by atoms with E-state index in [2.05, 4.69) is 76.6 Å². The fourth-order valence-corrected chi connectivity index (χ4v) is 4.07. The van der Waals surface area contributed by atoms with Crippen LogP contribution in [0.25, 0.3) is 0 Å². The van der Waals surface area contributed by atoms with Gasteiger partial charge < -0.3 is 10.3 Å². The summed E-state index contributed by atoms with van der Waals surface area (Å²) >= 11 is 0. The molecule has 0 fully saturated rings. The van der Waals surface area contributed by atoms with E-state index in [4.69, 9.17) is 5.73 Å². The third kappa shape index (κ3) is 1.94. The Morgan fingerprint density at radius 3 is 2.32 bits per heavy atom. The molecule has 1 aliphatic rings. The number of anilines is 1. The zero-order chi connectivity index (χ0) is 16.2. The minimum absolute atomic E-state index is 0.0570. The van der Waals surface area contributed by atoms with Crippen LogP contribution in [0.1, 0.15) is 58.6 Å². The van der Waals surface area contributed by atoms with Gasteiger partial charge >= 0.3 is 0 Å². The van der Waals surface area contributed by atoms with E-state index in [9.17, 15) is 0 Å². The van der Waals surface area contributed by atoms with Crippen LogP contribution in [0.4, 0.5) is 5.69 Å². The van der Waals surface area contributed by atoms with Crippen LogP contribution in [-0.4, -0.2) is 11.3 Å². The summed E-state index contributed by atoms with van der Waals surface area (Å²) < 4.78 is 2.44. The number of aromatic nitrogens is 1. The van der Waals surface area contributed by atoms with E-state index in [1.807, 2.05) is 0 Å². The summed E-state index contributed by atoms with van der Waals surface area (Å²) in [6.45, 7) is 14.0. The Hall–Kier alpha value is -1.64. The first kappa shape index (κ1) is 15.3. The molecule has 116 valence electrons. The summed E-state index contributed by atoms with van der Waals surface area (Å²) in [5.74, 6) is 0.970. The van der Waals surface area contributed by atoms with Crippen molar-refractivity contribution in [3.05, 3.63) is 41.6 Å². The fourth-order valence-electron chi connectivity index (χ4n) is 4.07. The molecule has 0 radical (unpaired) electrons. The van der Waals surface area contributed by atoms with Gasteiger partial charge in [0.1, 0.15) is 0 Å². The number of nitrogens with two attached hydrogens (primary N) is 1. The Labute approximate surface area is 134 Å². The van der Waals surface area contributed by atoms with Crippen LogP contribution in [0.3, 0.4) is 0 Å². The molecular formula is C19H27BN2. The second-order valence-electron chi connectivity index (χ2n) is 7.78. The first-order valence-corrected chi connectivity index (χ1v) is 8.37. The maximum absolute atomic E-state index is 6.61. The molecule has 0 aliphatic carbocycles. The molecular weight excluding hydrogens is 267 g/mol. The van der Waals surface area contributed by atoms with Gasteiger partial charge in [-0.3, -0.25) is 0 Å². The highest BCUT2D eigenvalue weighted by Gasteiger charge is 2.42. The first-order valence-electron chi connectivity index (χ1n) is 8.37. The molecule has 3 heteroatoms. The third-order valence-electron chi connectivity index (χ3n) is 5.26. The molecule has 2 nitrogen and oxygen atoms in total. The largest absolute Gasteiger partial charge is 0.398 e. The van der Waals surface area contributed by atoms with Crippen molar-refractivity contribution in [2.75, 3.05) is 5.73 Å². The zero-order valence-corrected chi connectivity index (χ0v) is 14.6. The predicted molar refractivity (Wildman–Crippen MR) is 97.9 cm³/mol. The summed E-state index contributed by atoms with van der Waals surface area (Å²) in [6.07, 6.45) is 2.29. The van der Waals surface area contributed by atoms with E-state index in [0.717, 1.165) is 5.69 Å². The lowest BCUT2D eigenvalue weighted by molar-refractivity contribution is 0.444. The molecule has 0 spiro atoms. The highest BCUT2D eigenvalue weighted by Crippen LogP contribution is 2.34. The van der Waals surface area contributed by atoms with Crippen LogP contribution >= 0.6 is 0 Å². The summed E-state index contributed by atoms with van der Waals surface area (Å²) in [6, 6.07) is 8.87. The van der Waals surface area contributed by atoms with Gasteiger partial charge in [0.05, 0.1) is 5.54 Å². The van der Waals surface area contributed by atoms with Gasteiger partial charge in [0.15, 0.2) is 0 Å². The molecule has 2 N–H and O–H groups in total. The van der Waals surface area contributed by atoms with E-state index >= 15 is 0 Å². The Morgan fingerprint density at radius 1 is 1.09 bits per heavy atom. The normalized spacial score (nSPS) is 16.1. The average molecular weight is 294 g/mol. The molecule has 1 aliphatic heterocycles. The molecule has 0 saturated carbocycles. The summed E-state index contributed by atoms with van der Waals surface area (Å²) in [4.78, 5) is 0. The van der Waals surface area contributed by atoms with Gasteiger partial charge in [-0.2, -0.15) is 0 Å². The van der Waals surface area contributed by atoms with Crippen LogP contribution in [0.5, 0.6) is 0 Å². The van der Waals surface area contributed by atoms with Crippen molar-refractivity contribution >= 4 is 23.5 Å². The quantitative estimate of drug-likeness (QED) is 0.846. The molecule has 0 amide bonds. The molecule has 0 unspecified atom stereocenters. The lowest BCUT2D eigenvalue weighted by atomic mass is 9.33. The van der Waals surface area contributed by atoms with Crippen LogP contribution < -0.4 is 16.8 Å². The summed E-state index contributed by atoms with van der Waals surface area (Å²) in [5, 5.41) is 0. The molecule has 22 heavy (non-hydrogen) atoms. The maximum Gasteiger partial charge on any atom is 0.236 e. The Bertz CT molecular complexity index is 710. The minimum Gasteiger partial charge on any atom is -0.398 e. The Morgan fingerprint density at radius 2 is 1.73 bits per heavy atom. The van der Waals surface area contributed by atoms with Crippen LogP contribution in [-0.2, 0) is 5.54 Å². The number of hydrogen-bond acceptors (Lipinski definition) is 1. The van der Waals surface area contributed by atoms with Gasteiger partial charge in [0, 0.05) is 17.5 Å². The van der Waals surface area contributed by atoms with E-state index in [1.54, 1.807) is 0 Å². The van der Waals surface area contributed by atoms with E-state index in [1.165, 1.54) is 22.2 Å². The highest BCUT2D eigenvalue weighted by molar-refractivity contribution is 6.87. The van der Waals surface area contributed by atoms with Gasteiger partial charge in [-0.1, -0.05) is 63.2 Å². The van der Waals surface area contributed by atoms with Crippen LogP contribution in [0.15, 0.2) is 30.5 Å². The number of fused-ring (bicyclic) bond motifs is 2. The van der Waals surface area contributed by atoms with Crippen molar-refractivity contribution in [2.24, 2.45) is 0 Å². The lowest BCUT2D eigenvalue weighted by Gasteiger charge is -2.40. The van der Waals surface area contributed by atoms with Crippen molar-refractivity contribution in [1.29, 1.82) is 0 Å². The summed E-state index contributed by atoms with van der Waals surface area (Å²) in [5.41, 5.74) is 13.0. The topological polar surface area (TPSA) is 30.9 Å². The first-order chi connectivity index (χ1) is 10.3. The Balaban J connectivity index is 2.36. The molecule has 2 aromatic rings. The smallest absolute Gasteiger partial charge is 0.236 e. The second kappa shape index (κ2) is 4.94. The van der Waals surface area contributed by atoms with Gasteiger partial charge in [-0.25, -0.2) is 0 Å². The number of benzene rings is 1.